The number of hydrogen-bond acceptors (Lipinski definition) is 24. The molecule has 6 fully saturated rings. The molecule has 36 nitrogen and oxygen atoms in total. The Morgan fingerprint density at radius 1 is 0.544 bits per heavy atom. The molecule has 0 spiro atoms. The highest BCUT2D eigenvalue weighted by molar-refractivity contribution is 7.52. The Morgan fingerprint density at radius 2 is 0.854 bits per heavy atom. The summed E-state index contributed by atoms with van der Waals surface area (Å²) in [5.41, 5.74) is -8.88. The molecular formula is C61H83F3N9O27P3. The molecule has 9 heterocycles. The number of H-pyrrole nitrogens is 3. The molecule has 3 aromatic heterocycles. The Kier molecular flexibility index (Phi) is 29.0. The Bertz CT molecular complexity index is 4260. The first-order valence-corrected chi connectivity index (χ1v) is 38.2. The minimum atomic E-state index is -5.08. The summed E-state index contributed by atoms with van der Waals surface area (Å²) in [6.45, 7) is 5.86. The highest BCUT2D eigenvalue weighted by Gasteiger charge is 2.67. The highest BCUT2D eigenvalue weighted by Crippen LogP contribution is 2.55. The smallest absolute Gasteiger partial charge is 0.381 e. The van der Waals surface area contributed by atoms with Crippen LogP contribution in [0.25, 0.3) is 0 Å². The summed E-state index contributed by atoms with van der Waals surface area (Å²) in [4.78, 5) is 143. The molecule has 0 radical (unpaired) electrons. The quantitative estimate of drug-likeness (QED) is 0.0264. The molecule has 6 aliphatic heterocycles. The van der Waals surface area contributed by atoms with Crippen LogP contribution < -0.4 is 49.7 Å². The maximum atomic E-state index is 12.6. The van der Waals surface area contributed by atoms with Crippen LogP contribution in [0, 0.1) is 35.5 Å². The van der Waals surface area contributed by atoms with E-state index in [1.807, 2.05) is 4.98 Å². The van der Waals surface area contributed by atoms with Crippen molar-refractivity contribution >= 4 is 40.5 Å². The van der Waals surface area contributed by atoms with Gasteiger partial charge in [0, 0.05) is 73.3 Å². The summed E-state index contributed by atoms with van der Waals surface area (Å²) in [6, 6.07) is 0. The van der Waals surface area contributed by atoms with Gasteiger partial charge in [0.05, 0.1) is 59.3 Å². The Labute approximate surface area is 585 Å². The Hall–Kier alpha value is -6.99. The number of alkyl halides is 3. The van der Waals surface area contributed by atoms with Crippen molar-refractivity contribution in [1.82, 2.24) is 44.6 Å². The molecule has 9 rings (SSSR count). The summed E-state index contributed by atoms with van der Waals surface area (Å²) in [6.07, 6.45) is 0.151. The second-order valence-corrected chi connectivity index (χ2v) is 30.3. The Morgan fingerprint density at radius 3 is 1.16 bits per heavy atom. The Balaban J connectivity index is 0.000000219. The van der Waals surface area contributed by atoms with Crippen molar-refractivity contribution in [3.05, 3.63) is 97.8 Å². The number of nitrogens with zero attached hydrogens (tertiary/aromatic N) is 3. The first-order chi connectivity index (χ1) is 48.4. The van der Waals surface area contributed by atoms with Crippen molar-refractivity contribution in [2.45, 2.75) is 156 Å². The monoisotopic (exact) mass is 1520 g/mol. The van der Waals surface area contributed by atoms with E-state index >= 15 is 0 Å². The SMILES string of the molecule is CCCCCCCCCCCC(=O)NCC#Cc1cn([C@@H]2O[C@@]3(COC)CO[C@H]2C3OP(C)(=O)O)c(=O)[nH]c1=O.COC[C@]12CO[C@@H](C1OP(C)(=O)O)[C@H](n1cc(C#CCNC(=O)C(F)(F)F)c(=O)[nH]c1=O)O2.COC[C@]12CO[C@@H](C1OP(C)(=O)O)[C@H](n1cc(C#CCNC(C)=O)c(=O)[nH]c1=O)O2. The number of hydrogen-bond donors (Lipinski definition) is 9. The van der Waals surface area contributed by atoms with Gasteiger partial charge >= 0.3 is 51.9 Å². The molecule has 6 bridgehead atoms. The average Bonchev–Trinajstić information content (AvgIpc) is 1.59. The summed E-state index contributed by atoms with van der Waals surface area (Å²) in [5.74, 6) is 12.5. The molecule has 0 aliphatic carbocycles. The predicted octanol–water partition coefficient (Wildman–Crippen LogP) is 0.0556. The van der Waals surface area contributed by atoms with E-state index in [4.69, 9.17) is 56.2 Å². The van der Waals surface area contributed by atoms with E-state index in [2.05, 4.69) is 63.0 Å². The van der Waals surface area contributed by atoms with E-state index < -0.39 is 147 Å². The van der Waals surface area contributed by atoms with Gasteiger partial charge in [0.25, 0.3) is 16.7 Å². The van der Waals surface area contributed by atoms with Crippen molar-refractivity contribution in [2.24, 2.45) is 0 Å². The number of fused-ring (bicyclic) bond motifs is 6. The topological polar surface area (TPSA) is 475 Å². The van der Waals surface area contributed by atoms with Crippen molar-refractivity contribution in [3.63, 3.8) is 0 Å². The van der Waals surface area contributed by atoms with E-state index in [-0.39, 0.29) is 81.2 Å². The van der Waals surface area contributed by atoms with Crippen molar-refractivity contribution in [2.75, 3.05) is 101 Å². The van der Waals surface area contributed by atoms with E-state index in [0.29, 0.717) is 6.42 Å². The lowest BCUT2D eigenvalue weighted by Crippen LogP contribution is -2.46. The zero-order chi connectivity index (χ0) is 75.9. The lowest BCUT2D eigenvalue weighted by molar-refractivity contribution is -0.190. The minimum absolute atomic E-state index is 0.00578. The molecule has 15 atom stereocenters. The normalized spacial score (nSPS) is 27.1. The maximum Gasteiger partial charge on any atom is 0.471 e. The van der Waals surface area contributed by atoms with Crippen LogP contribution in [0.3, 0.4) is 0 Å². The van der Waals surface area contributed by atoms with Crippen LogP contribution in [0.15, 0.2) is 47.4 Å². The van der Waals surface area contributed by atoms with Gasteiger partial charge in [-0.25, -0.2) is 14.4 Å². The van der Waals surface area contributed by atoms with Gasteiger partial charge in [0.1, 0.15) is 70.1 Å². The zero-order valence-electron chi connectivity index (χ0n) is 57.3. The summed E-state index contributed by atoms with van der Waals surface area (Å²) >= 11 is 0. The molecule has 42 heteroatoms. The fourth-order valence-electron chi connectivity index (χ4n) is 11.9. The standard InChI is InChI=1S/C27H42N3O9P.C17H19F3N3O9P.C17H22N3O9P/c1-4-5-6-7-8-9-10-11-12-15-21(31)28-16-13-14-20-17-30(26(33)29-24(20)32)25-22-23(39-40(3,34)35)27(38-25,18-36-2)19-37-22;1-29-7-16-8-30-10(11(16)32-33(2,27)28)13(31-16)23-6-9(12(24)22-15(23)26)4-3-5-21-14(25)17(18,19)20;1-10(21)18-6-4-5-11-7-20(16(23)19-14(11)22)15-12-13(29-30(3,24)25)17(28-15,8-26-2)9-27-12/h17,22-23,25H,4-12,15-16,18-19H2,1-3H3,(H,28,31)(H,34,35)(H,29,32,33);6,10-11,13H,5,7-8H2,1-2H3,(H,21,25)(H,27,28)(H,22,24,26);7,12-13,15H,6,8-9H2,1-3H3,(H,18,21)(H,24,25)(H,19,22,23)/t22-,23?,25+,27-;10-,11?,13+,16-;12-,13?,15+,17-/m000/s1. The molecule has 9 N–H and O–H groups in total. The van der Waals surface area contributed by atoms with Gasteiger partial charge in [0.15, 0.2) is 18.7 Å². The van der Waals surface area contributed by atoms with Gasteiger partial charge in [-0.15, -0.1) is 0 Å². The molecule has 103 heavy (non-hydrogen) atoms. The number of halogens is 3. The molecule has 570 valence electrons. The van der Waals surface area contributed by atoms with Crippen molar-refractivity contribution in [3.8, 4) is 35.5 Å². The van der Waals surface area contributed by atoms with Crippen molar-refractivity contribution < 1.29 is 112 Å². The summed E-state index contributed by atoms with van der Waals surface area (Å²) < 4.78 is 142. The van der Waals surface area contributed by atoms with Gasteiger partial charge in [-0.05, 0) is 6.42 Å². The molecule has 6 aliphatic rings. The lowest BCUT2D eigenvalue weighted by atomic mass is 10.0. The number of unbranched alkanes of at least 4 members (excludes halogenated alkanes) is 8. The van der Waals surface area contributed by atoms with Crippen LogP contribution >= 0.6 is 22.8 Å². The number of nitrogens with one attached hydrogen (secondary N) is 6. The third-order valence-electron chi connectivity index (χ3n) is 16.3. The molecule has 0 saturated carbocycles. The second kappa shape index (κ2) is 35.9. The van der Waals surface area contributed by atoms with Gasteiger partial charge < -0.3 is 73.3 Å². The highest BCUT2D eigenvalue weighted by atomic mass is 31.2. The third kappa shape index (κ3) is 22.1. The molecule has 0 aromatic carbocycles. The van der Waals surface area contributed by atoms with Gasteiger partial charge in [-0.3, -0.25) is 84.7 Å². The van der Waals surface area contributed by atoms with Crippen LogP contribution in [-0.4, -0.2) is 221 Å². The molecule has 3 amide bonds. The minimum Gasteiger partial charge on any atom is -0.381 e. The van der Waals surface area contributed by atoms with E-state index in [9.17, 15) is 84.7 Å². The number of amides is 3. The maximum absolute atomic E-state index is 12.6. The fraction of sp³-hybridized carbons (Fsp3) is 0.656. The number of aromatic nitrogens is 6. The first kappa shape index (κ1) is 83.3. The van der Waals surface area contributed by atoms with E-state index in [1.54, 1.807) is 0 Å². The summed E-state index contributed by atoms with van der Waals surface area (Å²) in [5, 5.41) is 6.71. The number of carbonyl (C=O) groups excluding carboxylic acids is 3. The molecule has 6 saturated heterocycles. The van der Waals surface area contributed by atoms with Crippen LogP contribution in [0.1, 0.15) is 113 Å². The van der Waals surface area contributed by atoms with Gasteiger partial charge in [-0.2, -0.15) is 13.2 Å². The van der Waals surface area contributed by atoms with Crippen LogP contribution in [0.2, 0.25) is 0 Å². The summed E-state index contributed by atoms with van der Waals surface area (Å²) in [7, 11) is -7.61. The first-order valence-electron chi connectivity index (χ1n) is 32.1. The number of ether oxygens (including phenoxy) is 9. The fourth-order valence-corrected chi connectivity index (χ4v) is 14.1. The number of aromatic amines is 3. The zero-order valence-corrected chi connectivity index (χ0v) is 60.0. The predicted molar refractivity (Wildman–Crippen MR) is 352 cm³/mol. The average molecular weight is 1520 g/mol. The lowest BCUT2D eigenvalue weighted by Gasteiger charge is -2.31. The van der Waals surface area contributed by atoms with Crippen molar-refractivity contribution in [1.29, 1.82) is 0 Å². The van der Waals surface area contributed by atoms with Gasteiger partial charge in [0.2, 0.25) is 11.8 Å². The number of carbonyl (C=O) groups is 3. The van der Waals surface area contributed by atoms with Gasteiger partial charge in [-0.1, -0.05) is 93.8 Å². The molecule has 6 unspecified atom stereocenters. The van der Waals surface area contributed by atoms with E-state index in [1.165, 1.54) is 84.5 Å². The van der Waals surface area contributed by atoms with Crippen LogP contribution in [-0.2, 0) is 84.3 Å². The number of methoxy groups -OCH3 is 3. The second-order valence-electron chi connectivity index (χ2n) is 24.8. The number of rotatable bonds is 28. The molecule has 3 aromatic rings. The largest absolute Gasteiger partial charge is 0.471 e. The third-order valence-corrected chi connectivity index (χ3v) is 18.2. The van der Waals surface area contributed by atoms with E-state index in [0.717, 1.165) is 59.2 Å². The molecular weight excluding hydrogens is 1440 g/mol. The van der Waals surface area contributed by atoms with Crippen LogP contribution in [0.4, 0.5) is 13.2 Å². The van der Waals surface area contributed by atoms with Crippen LogP contribution in [0.5, 0.6) is 0 Å².